The number of aliphatic carboxylic acids is 1. The maximum Gasteiger partial charge on any atom is 0.307 e. The summed E-state index contributed by atoms with van der Waals surface area (Å²) >= 11 is 0. The average Bonchev–Trinajstić information content (AvgIpc) is 3.21. The lowest BCUT2D eigenvalue weighted by molar-refractivity contribution is -0.136. The molecule has 0 bridgehead atoms. The first kappa shape index (κ1) is 19.6. The minimum atomic E-state index is -1.05. The van der Waals surface area contributed by atoms with Crippen molar-refractivity contribution in [2.24, 2.45) is 5.73 Å². The van der Waals surface area contributed by atoms with Crippen LogP contribution in [0.1, 0.15) is 16.8 Å². The molecule has 30 heavy (non-hydrogen) atoms. The van der Waals surface area contributed by atoms with Gasteiger partial charge in [0.05, 0.1) is 18.4 Å². The number of furan rings is 1. The number of carboxylic acids is 1. The molecule has 0 saturated carbocycles. The highest BCUT2D eigenvalue weighted by molar-refractivity contribution is 5.93. The van der Waals surface area contributed by atoms with Crippen LogP contribution in [0.25, 0.3) is 22.1 Å². The molecule has 6 nitrogen and oxygen atoms in total. The molecule has 0 radical (unpaired) electrons. The van der Waals surface area contributed by atoms with Crippen LogP contribution in [0.3, 0.4) is 0 Å². The Hall–Kier alpha value is -3.71. The second-order valence-corrected chi connectivity index (χ2v) is 6.81. The lowest BCUT2D eigenvalue weighted by atomic mass is 10.0. The van der Waals surface area contributed by atoms with Crippen LogP contribution < -0.4 is 10.5 Å². The van der Waals surface area contributed by atoms with Crippen molar-refractivity contribution < 1.29 is 23.4 Å². The first-order valence-corrected chi connectivity index (χ1v) is 9.32. The third-order valence-electron chi connectivity index (χ3n) is 4.72. The SMILES string of the molecule is NCc1cc(-c2cc(COc3c(F)cccc3CC(=O)O)cc3ccoc23)ccn1. The molecule has 4 rings (SSSR count). The van der Waals surface area contributed by atoms with Crippen molar-refractivity contribution in [3.63, 3.8) is 0 Å². The quantitative estimate of drug-likeness (QED) is 0.475. The summed E-state index contributed by atoms with van der Waals surface area (Å²) in [4.78, 5) is 15.3. The summed E-state index contributed by atoms with van der Waals surface area (Å²) in [6, 6.07) is 13.6. The number of carboxylic acid groups (broad SMARTS) is 1. The first-order chi connectivity index (χ1) is 14.5. The summed E-state index contributed by atoms with van der Waals surface area (Å²) < 4.78 is 25.7. The highest BCUT2D eigenvalue weighted by atomic mass is 19.1. The minimum Gasteiger partial charge on any atom is -0.486 e. The van der Waals surface area contributed by atoms with Gasteiger partial charge in [0.25, 0.3) is 0 Å². The largest absolute Gasteiger partial charge is 0.486 e. The number of ether oxygens (including phenoxy) is 1. The van der Waals surface area contributed by atoms with Crippen LogP contribution in [0.5, 0.6) is 5.75 Å². The summed E-state index contributed by atoms with van der Waals surface area (Å²) in [5, 5.41) is 9.94. The van der Waals surface area contributed by atoms with Gasteiger partial charge in [-0.25, -0.2) is 4.39 Å². The zero-order valence-corrected chi connectivity index (χ0v) is 16.0. The Bertz CT molecular complexity index is 1220. The summed E-state index contributed by atoms with van der Waals surface area (Å²) in [6.07, 6.45) is 2.97. The number of fused-ring (bicyclic) bond motifs is 1. The fraction of sp³-hybridized carbons (Fsp3) is 0.130. The van der Waals surface area contributed by atoms with Gasteiger partial charge in [0.15, 0.2) is 11.6 Å². The maximum absolute atomic E-state index is 14.3. The van der Waals surface area contributed by atoms with Gasteiger partial charge in [0, 0.05) is 29.3 Å². The van der Waals surface area contributed by atoms with Crippen molar-refractivity contribution in [3.05, 3.63) is 83.6 Å². The van der Waals surface area contributed by atoms with Gasteiger partial charge in [-0.05, 0) is 47.5 Å². The van der Waals surface area contributed by atoms with Crippen LogP contribution >= 0.6 is 0 Å². The number of carbonyl (C=O) groups is 1. The molecule has 7 heteroatoms. The van der Waals surface area contributed by atoms with Gasteiger partial charge >= 0.3 is 5.97 Å². The molecule has 2 aromatic heterocycles. The monoisotopic (exact) mass is 406 g/mol. The number of benzene rings is 2. The summed E-state index contributed by atoms with van der Waals surface area (Å²) in [6.45, 7) is 0.383. The van der Waals surface area contributed by atoms with Crippen molar-refractivity contribution in [1.82, 2.24) is 4.98 Å². The van der Waals surface area contributed by atoms with E-state index in [9.17, 15) is 9.18 Å². The predicted molar refractivity (Wildman–Crippen MR) is 109 cm³/mol. The smallest absolute Gasteiger partial charge is 0.307 e. The topological polar surface area (TPSA) is 98.6 Å². The molecule has 0 atom stereocenters. The van der Waals surface area contributed by atoms with Crippen molar-refractivity contribution in [1.29, 1.82) is 0 Å². The number of nitrogens with zero attached hydrogens (tertiary/aromatic N) is 1. The van der Waals surface area contributed by atoms with Gasteiger partial charge in [0.1, 0.15) is 12.2 Å². The Balaban J connectivity index is 1.69. The Kier molecular flexibility index (Phi) is 5.45. The molecule has 0 amide bonds. The fourth-order valence-corrected chi connectivity index (χ4v) is 3.37. The third kappa shape index (κ3) is 4.01. The summed E-state index contributed by atoms with van der Waals surface area (Å²) in [5.74, 6) is -1.70. The van der Waals surface area contributed by atoms with Gasteiger partial charge in [0.2, 0.25) is 0 Å². The molecule has 0 aliphatic rings. The molecule has 0 aliphatic carbocycles. The number of hydrogen-bond acceptors (Lipinski definition) is 5. The number of aromatic nitrogens is 1. The normalized spacial score (nSPS) is 11.0. The zero-order chi connectivity index (χ0) is 21.1. The molecule has 3 N–H and O–H groups in total. The van der Waals surface area contributed by atoms with Crippen LogP contribution in [0.2, 0.25) is 0 Å². The van der Waals surface area contributed by atoms with Gasteiger partial charge in [-0.1, -0.05) is 12.1 Å². The minimum absolute atomic E-state index is 0.0527. The molecule has 0 aliphatic heterocycles. The van der Waals surface area contributed by atoms with Crippen LogP contribution in [0.4, 0.5) is 4.39 Å². The molecule has 0 fully saturated rings. The van der Waals surface area contributed by atoms with Gasteiger partial charge in [-0.15, -0.1) is 0 Å². The summed E-state index contributed by atoms with van der Waals surface area (Å²) in [7, 11) is 0. The molecule has 0 spiro atoms. The first-order valence-electron chi connectivity index (χ1n) is 9.32. The number of rotatable bonds is 7. The van der Waals surface area contributed by atoms with E-state index < -0.39 is 11.8 Å². The predicted octanol–water partition coefficient (Wildman–Crippen LogP) is 4.30. The standard InChI is InChI=1S/C23H19FN2O4/c24-20-3-1-2-16(11-21(27)28)23(20)30-13-14-8-17-5-7-29-22(17)19(9-14)15-4-6-26-18(10-15)12-25/h1-10H,11-13,25H2,(H,27,28). The Labute approximate surface area is 171 Å². The molecule has 2 aromatic carbocycles. The number of halogens is 1. The molecule has 4 aromatic rings. The van der Waals surface area contributed by atoms with Crippen molar-refractivity contribution in [2.45, 2.75) is 19.6 Å². The molecule has 152 valence electrons. The average molecular weight is 406 g/mol. The number of nitrogens with two attached hydrogens (primary N) is 1. The molecule has 0 unspecified atom stereocenters. The van der Waals surface area contributed by atoms with E-state index in [1.807, 2.05) is 30.3 Å². The Morgan fingerprint density at radius 3 is 2.87 bits per heavy atom. The number of para-hydroxylation sites is 1. The second-order valence-electron chi connectivity index (χ2n) is 6.81. The highest BCUT2D eigenvalue weighted by Gasteiger charge is 2.15. The van der Waals surface area contributed by atoms with E-state index in [2.05, 4.69) is 4.98 Å². The van der Waals surface area contributed by atoms with Crippen molar-refractivity contribution in [3.8, 4) is 16.9 Å². The molecule has 0 saturated heterocycles. The van der Waals surface area contributed by atoms with E-state index in [0.717, 1.165) is 27.8 Å². The van der Waals surface area contributed by atoms with Crippen LogP contribution in [-0.2, 0) is 24.4 Å². The van der Waals surface area contributed by atoms with Crippen LogP contribution in [0, 0.1) is 5.82 Å². The van der Waals surface area contributed by atoms with Crippen molar-refractivity contribution in [2.75, 3.05) is 0 Å². The van der Waals surface area contributed by atoms with Crippen LogP contribution in [-0.4, -0.2) is 16.1 Å². The molecule has 2 heterocycles. The van der Waals surface area contributed by atoms with E-state index in [-0.39, 0.29) is 24.3 Å². The van der Waals surface area contributed by atoms with Crippen LogP contribution in [0.15, 0.2) is 65.4 Å². The van der Waals surface area contributed by atoms with E-state index >= 15 is 0 Å². The highest BCUT2D eigenvalue weighted by Crippen LogP contribution is 2.32. The maximum atomic E-state index is 14.3. The van der Waals surface area contributed by atoms with E-state index in [4.69, 9.17) is 20.0 Å². The lowest BCUT2D eigenvalue weighted by Gasteiger charge is -2.13. The van der Waals surface area contributed by atoms with Gasteiger partial charge < -0.3 is 20.0 Å². The second kappa shape index (κ2) is 8.34. The van der Waals surface area contributed by atoms with E-state index in [0.29, 0.717) is 12.1 Å². The Morgan fingerprint density at radius 2 is 2.07 bits per heavy atom. The van der Waals surface area contributed by atoms with E-state index in [1.165, 1.54) is 12.1 Å². The fourth-order valence-electron chi connectivity index (χ4n) is 3.37. The summed E-state index contributed by atoms with van der Waals surface area (Å²) in [5.41, 5.74) is 9.98. The molecular weight excluding hydrogens is 387 g/mol. The Morgan fingerprint density at radius 1 is 1.20 bits per heavy atom. The lowest BCUT2D eigenvalue weighted by Crippen LogP contribution is -2.06. The molecular formula is C23H19FN2O4. The number of hydrogen-bond donors (Lipinski definition) is 2. The third-order valence-corrected chi connectivity index (χ3v) is 4.72. The van der Waals surface area contributed by atoms with Gasteiger partial charge in [-0.2, -0.15) is 0 Å². The zero-order valence-electron chi connectivity index (χ0n) is 16.0. The van der Waals surface area contributed by atoms with Crippen molar-refractivity contribution >= 4 is 16.9 Å². The van der Waals surface area contributed by atoms with Gasteiger partial charge in [-0.3, -0.25) is 9.78 Å². The number of pyridine rings is 1. The van der Waals surface area contributed by atoms with E-state index in [1.54, 1.807) is 18.5 Å².